The molecule has 0 radical (unpaired) electrons. The van der Waals surface area contributed by atoms with Gasteiger partial charge in [0, 0.05) is 12.4 Å². The lowest BCUT2D eigenvalue weighted by molar-refractivity contribution is 0.0201. The van der Waals surface area contributed by atoms with Crippen molar-refractivity contribution in [3.63, 3.8) is 0 Å². The van der Waals surface area contributed by atoms with Gasteiger partial charge in [-0.05, 0) is 30.9 Å². The molecule has 3 rings (SSSR count). The Morgan fingerprint density at radius 1 is 1.25 bits per heavy atom. The Morgan fingerprint density at radius 2 is 2.10 bits per heavy atom. The molecule has 0 unspecified atom stereocenters. The van der Waals surface area contributed by atoms with E-state index in [2.05, 4.69) is 5.10 Å². The molecular weight excluding hydrogens is 255 g/mol. The van der Waals surface area contributed by atoms with Crippen molar-refractivity contribution in [3.05, 3.63) is 54.4 Å². The predicted octanol–water partition coefficient (Wildman–Crippen LogP) is 3.70. The summed E-state index contributed by atoms with van der Waals surface area (Å²) in [5.74, 6) is 0. The Balaban J connectivity index is 1.48. The highest BCUT2D eigenvalue weighted by molar-refractivity contribution is 5.17. The van der Waals surface area contributed by atoms with Crippen LogP contribution < -0.4 is 0 Å². The summed E-state index contributed by atoms with van der Waals surface area (Å²) in [6.45, 7) is 0.139. The summed E-state index contributed by atoms with van der Waals surface area (Å²) in [4.78, 5) is 0. The van der Waals surface area contributed by atoms with Crippen molar-refractivity contribution in [1.29, 1.82) is 0 Å². The van der Waals surface area contributed by atoms with Gasteiger partial charge < -0.3 is 4.74 Å². The van der Waals surface area contributed by atoms with Gasteiger partial charge in [0.15, 0.2) is 0 Å². The maximum atomic E-state index is 14.0. The standard InChI is InChI=1S/C16H19FN2O/c17-16(13-5-2-1-3-6-13)12-20-15-8-7-14(11-15)19-10-4-9-18-19/h1-6,9-10,14-16H,7-8,11-12H2/t14-,15-,16+/m0/s1. The van der Waals surface area contributed by atoms with Gasteiger partial charge in [0.25, 0.3) is 0 Å². The monoisotopic (exact) mass is 274 g/mol. The van der Waals surface area contributed by atoms with Crippen LogP contribution in [-0.4, -0.2) is 22.5 Å². The number of aromatic nitrogens is 2. The molecule has 106 valence electrons. The van der Waals surface area contributed by atoms with Gasteiger partial charge in [-0.3, -0.25) is 4.68 Å². The maximum absolute atomic E-state index is 14.0. The van der Waals surface area contributed by atoms with E-state index in [1.807, 2.05) is 35.1 Å². The van der Waals surface area contributed by atoms with Crippen molar-refractivity contribution >= 4 is 0 Å². The summed E-state index contributed by atoms with van der Waals surface area (Å²) >= 11 is 0. The molecule has 0 amide bonds. The van der Waals surface area contributed by atoms with E-state index in [1.54, 1.807) is 18.3 Å². The largest absolute Gasteiger partial charge is 0.375 e. The zero-order valence-electron chi connectivity index (χ0n) is 11.4. The summed E-state index contributed by atoms with van der Waals surface area (Å²) in [6, 6.07) is 11.5. The fourth-order valence-electron chi connectivity index (χ4n) is 2.78. The van der Waals surface area contributed by atoms with Crippen LogP contribution in [0.2, 0.25) is 0 Å². The Hall–Kier alpha value is -1.68. The van der Waals surface area contributed by atoms with E-state index in [0.29, 0.717) is 11.6 Å². The molecule has 0 spiro atoms. The zero-order valence-corrected chi connectivity index (χ0v) is 11.4. The quantitative estimate of drug-likeness (QED) is 0.831. The van der Waals surface area contributed by atoms with Crippen molar-refractivity contribution in [1.82, 2.24) is 9.78 Å². The molecule has 1 fully saturated rings. The first-order valence-corrected chi connectivity index (χ1v) is 7.12. The normalized spacial score (nSPS) is 23.9. The van der Waals surface area contributed by atoms with E-state index in [4.69, 9.17) is 4.74 Å². The molecule has 1 heterocycles. The maximum Gasteiger partial charge on any atom is 0.148 e. The number of alkyl halides is 1. The van der Waals surface area contributed by atoms with Gasteiger partial charge in [-0.25, -0.2) is 4.39 Å². The van der Waals surface area contributed by atoms with Crippen LogP contribution in [0.5, 0.6) is 0 Å². The molecule has 0 N–H and O–H groups in total. The predicted molar refractivity (Wildman–Crippen MR) is 75.1 cm³/mol. The summed E-state index contributed by atoms with van der Waals surface area (Å²) in [5, 5.41) is 4.26. The van der Waals surface area contributed by atoms with Crippen LogP contribution in [0.3, 0.4) is 0 Å². The fourth-order valence-corrected chi connectivity index (χ4v) is 2.78. The Labute approximate surface area is 118 Å². The summed E-state index contributed by atoms with van der Waals surface area (Å²) in [5.41, 5.74) is 0.689. The van der Waals surface area contributed by atoms with E-state index >= 15 is 0 Å². The first-order valence-electron chi connectivity index (χ1n) is 7.12. The van der Waals surface area contributed by atoms with Crippen molar-refractivity contribution in [2.24, 2.45) is 0 Å². The van der Waals surface area contributed by atoms with Gasteiger partial charge >= 0.3 is 0 Å². The average Bonchev–Trinajstić information content (AvgIpc) is 3.16. The second-order valence-electron chi connectivity index (χ2n) is 5.29. The van der Waals surface area contributed by atoms with Gasteiger partial charge in [0.05, 0.1) is 18.8 Å². The highest BCUT2D eigenvalue weighted by atomic mass is 19.1. The number of halogens is 1. The number of nitrogens with zero attached hydrogens (tertiary/aromatic N) is 2. The van der Waals surface area contributed by atoms with Crippen molar-refractivity contribution in [2.75, 3.05) is 6.61 Å². The lowest BCUT2D eigenvalue weighted by Crippen LogP contribution is -2.14. The Bertz CT molecular complexity index is 515. The fraction of sp³-hybridized carbons (Fsp3) is 0.438. The van der Waals surface area contributed by atoms with Crippen LogP contribution in [0.15, 0.2) is 48.8 Å². The molecule has 3 nitrogen and oxygen atoms in total. The molecule has 1 aromatic carbocycles. The number of rotatable bonds is 5. The molecule has 0 aliphatic heterocycles. The zero-order chi connectivity index (χ0) is 13.8. The van der Waals surface area contributed by atoms with Gasteiger partial charge in [0.2, 0.25) is 0 Å². The SMILES string of the molecule is F[C@H](CO[C@H]1CC[C@H](n2cccn2)C1)c1ccccc1. The van der Waals surface area contributed by atoms with Crippen LogP contribution in [-0.2, 0) is 4.74 Å². The third kappa shape index (κ3) is 3.07. The van der Waals surface area contributed by atoms with Crippen molar-refractivity contribution < 1.29 is 9.13 Å². The van der Waals surface area contributed by atoms with Crippen LogP contribution >= 0.6 is 0 Å². The van der Waals surface area contributed by atoms with E-state index in [0.717, 1.165) is 19.3 Å². The highest BCUT2D eigenvalue weighted by Crippen LogP contribution is 2.32. The van der Waals surface area contributed by atoms with E-state index in [-0.39, 0.29) is 12.7 Å². The first-order chi connectivity index (χ1) is 9.83. The number of benzene rings is 1. The molecule has 1 aliphatic carbocycles. The lowest BCUT2D eigenvalue weighted by atomic mass is 10.1. The van der Waals surface area contributed by atoms with E-state index in [1.165, 1.54) is 0 Å². The van der Waals surface area contributed by atoms with Gasteiger partial charge in [-0.1, -0.05) is 30.3 Å². The van der Waals surface area contributed by atoms with Gasteiger partial charge in [-0.2, -0.15) is 5.10 Å². The molecule has 1 aromatic heterocycles. The molecule has 20 heavy (non-hydrogen) atoms. The van der Waals surface area contributed by atoms with Crippen LogP contribution in [0.1, 0.15) is 37.0 Å². The number of hydrogen-bond donors (Lipinski definition) is 0. The van der Waals surface area contributed by atoms with E-state index in [9.17, 15) is 4.39 Å². The number of ether oxygens (including phenoxy) is 1. The summed E-state index contributed by atoms with van der Waals surface area (Å²) < 4.78 is 21.7. The van der Waals surface area contributed by atoms with Crippen LogP contribution in [0.4, 0.5) is 4.39 Å². The summed E-state index contributed by atoms with van der Waals surface area (Å²) in [6.07, 6.45) is 5.83. The van der Waals surface area contributed by atoms with Crippen molar-refractivity contribution in [2.45, 2.75) is 37.6 Å². The van der Waals surface area contributed by atoms with Crippen LogP contribution in [0, 0.1) is 0 Å². The molecule has 0 bridgehead atoms. The lowest BCUT2D eigenvalue weighted by Gasteiger charge is -2.15. The minimum atomic E-state index is -1.04. The molecule has 1 aliphatic rings. The topological polar surface area (TPSA) is 27.1 Å². The highest BCUT2D eigenvalue weighted by Gasteiger charge is 2.27. The minimum Gasteiger partial charge on any atom is -0.375 e. The molecular formula is C16H19FN2O. The second kappa shape index (κ2) is 6.18. The minimum absolute atomic E-state index is 0.139. The van der Waals surface area contributed by atoms with Gasteiger partial charge in [0.1, 0.15) is 6.17 Å². The molecule has 2 aromatic rings. The van der Waals surface area contributed by atoms with Crippen molar-refractivity contribution in [3.8, 4) is 0 Å². The van der Waals surface area contributed by atoms with Crippen LogP contribution in [0.25, 0.3) is 0 Å². The average molecular weight is 274 g/mol. The smallest absolute Gasteiger partial charge is 0.148 e. The molecule has 4 heteroatoms. The van der Waals surface area contributed by atoms with E-state index < -0.39 is 6.17 Å². The second-order valence-corrected chi connectivity index (χ2v) is 5.29. The molecule has 1 saturated carbocycles. The Morgan fingerprint density at radius 3 is 2.85 bits per heavy atom. The third-order valence-corrected chi connectivity index (χ3v) is 3.90. The van der Waals surface area contributed by atoms with Gasteiger partial charge in [-0.15, -0.1) is 0 Å². The first kappa shape index (κ1) is 13.3. The Kier molecular flexibility index (Phi) is 4.11. The third-order valence-electron chi connectivity index (χ3n) is 3.90. The number of hydrogen-bond acceptors (Lipinski definition) is 2. The summed E-state index contributed by atoms with van der Waals surface area (Å²) in [7, 11) is 0. The molecule has 3 atom stereocenters. The molecule has 0 saturated heterocycles.